The molecule has 2 aromatic heterocycles. The molecule has 158 valence electrons. The van der Waals surface area contributed by atoms with Crippen molar-refractivity contribution >= 4 is 45.3 Å². The molecule has 3 rings (SSSR count). The summed E-state index contributed by atoms with van der Waals surface area (Å²) in [5.74, 6) is -0.367. The van der Waals surface area contributed by atoms with Gasteiger partial charge in [0.15, 0.2) is 6.61 Å². The lowest BCUT2D eigenvalue weighted by molar-refractivity contribution is -0.148. The van der Waals surface area contributed by atoms with Crippen LogP contribution in [0.3, 0.4) is 0 Å². The summed E-state index contributed by atoms with van der Waals surface area (Å²) in [5.41, 5.74) is 3.13. The number of rotatable bonds is 7. The number of halogens is 1. The zero-order valence-corrected chi connectivity index (χ0v) is 19.5. The van der Waals surface area contributed by atoms with Crippen molar-refractivity contribution in [2.24, 2.45) is 0 Å². The molecule has 2 heterocycles. The number of hydrogen-bond acceptors (Lipinski definition) is 7. The number of thioether (sulfide) groups is 1. The predicted molar refractivity (Wildman–Crippen MR) is 117 cm³/mol. The molecule has 8 nitrogen and oxygen atoms in total. The SMILES string of the molecule is CSc1nc2nc(C)c(CC(=O)OCC(=O)NC(C)c3ccc(Br)cc3)c(C)n2n1. The van der Waals surface area contributed by atoms with Crippen LogP contribution < -0.4 is 5.32 Å². The predicted octanol–water partition coefficient (Wildman–Crippen LogP) is 3.19. The third kappa shape index (κ3) is 5.17. The summed E-state index contributed by atoms with van der Waals surface area (Å²) in [6.45, 7) is 5.20. The maximum atomic E-state index is 12.3. The van der Waals surface area contributed by atoms with Crippen LogP contribution in [-0.2, 0) is 20.7 Å². The van der Waals surface area contributed by atoms with Gasteiger partial charge >= 0.3 is 5.97 Å². The maximum absolute atomic E-state index is 12.3. The first kappa shape index (κ1) is 22.2. The quantitative estimate of drug-likeness (QED) is 0.400. The van der Waals surface area contributed by atoms with Crippen molar-refractivity contribution in [3.8, 4) is 0 Å². The Morgan fingerprint density at radius 1 is 1.23 bits per heavy atom. The summed E-state index contributed by atoms with van der Waals surface area (Å²) in [6.07, 6.45) is 1.89. The molecule has 0 fully saturated rings. The van der Waals surface area contributed by atoms with Gasteiger partial charge in [-0.2, -0.15) is 4.98 Å². The van der Waals surface area contributed by atoms with Crippen LogP contribution in [0.15, 0.2) is 33.9 Å². The molecule has 0 bridgehead atoms. The molecule has 1 N–H and O–H groups in total. The zero-order valence-electron chi connectivity index (χ0n) is 17.1. The fourth-order valence-electron chi connectivity index (χ4n) is 2.99. The molecule has 0 saturated carbocycles. The number of esters is 1. The summed E-state index contributed by atoms with van der Waals surface area (Å²) in [4.78, 5) is 33.2. The number of benzene rings is 1. The third-order valence-electron chi connectivity index (χ3n) is 4.64. The van der Waals surface area contributed by atoms with E-state index in [4.69, 9.17) is 4.74 Å². The number of amides is 1. The van der Waals surface area contributed by atoms with Gasteiger partial charge in [-0.05, 0) is 44.7 Å². The molecule has 3 aromatic rings. The fraction of sp³-hybridized carbons (Fsp3) is 0.350. The number of aryl methyl sites for hydroxylation is 2. The van der Waals surface area contributed by atoms with Crippen LogP contribution in [0.2, 0.25) is 0 Å². The van der Waals surface area contributed by atoms with Gasteiger partial charge in [-0.1, -0.05) is 39.8 Å². The van der Waals surface area contributed by atoms with E-state index in [2.05, 4.69) is 36.3 Å². The van der Waals surface area contributed by atoms with Crippen molar-refractivity contribution in [2.45, 2.75) is 38.4 Å². The molecular formula is C20H22BrN5O3S. The maximum Gasteiger partial charge on any atom is 0.310 e. The topological polar surface area (TPSA) is 98.5 Å². The number of carbonyl (C=O) groups excluding carboxylic acids is 2. The molecule has 1 aromatic carbocycles. The number of nitrogens with zero attached hydrogens (tertiary/aromatic N) is 4. The van der Waals surface area contributed by atoms with Crippen LogP contribution in [0.4, 0.5) is 0 Å². The first-order chi connectivity index (χ1) is 14.3. The number of aromatic nitrogens is 4. The highest BCUT2D eigenvalue weighted by Crippen LogP contribution is 2.18. The summed E-state index contributed by atoms with van der Waals surface area (Å²) in [5, 5.41) is 7.80. The highest BCUT2D eigenvalue weighted by Gasteiger charge is 2.18. The van der Waals surface area contributed by atoms with Crippen LogP contribution in [0.25, 0.3) is 5.78 Å². The van der Waals surface area contributed by atoms with E-state index in [1.165, 1.54) is 11.8 Å². The Balaban J connectivity index is 1.59. The Kier molecular flexibility index (Phi) is 7.09. The minimum Gasteiger partial charge on any atom is -0.455 e. The van der Waals surface area contributed by atoms with Crippen molar-refractivity contribution in [2.75, 3.05) is 12.9 Å². The van der Waals surface area contributed by atoms with Gasteiger partial charge in [0.2, 0.25) is 5.16 Å². The molecule has 1 unspecified atom stereocenters. The second kappa shape index (κ2) is 9.57. The molecule has 1 amide bonds. The summed E-state index contributed by atoms with van der Waals surface area (Å²) >= 11 is 4.80. The van der Waals surface area contributed by atoms with Gasteiger partial charge in [0.05, 0.1) is 12.5 Å². The van der Waals surface area contributed by atoms with Gasteiger partial charge in [-0.3, -0.25) is 9.59 Å². The molecule has 1 atom stereocenters. The van der Waals surface area contributed by atoms with Gasteiger partial charge < -0.3 is 10.1 Å². The molecule has 0 aliphatic carbocycles. The Morgan fingerprint density at radius 2 is 1.93 bits per heavy atom. The van der Waals surface area contributed by atoms with Crippen molar-refractivity contribution in [3.63, 3.8) is 0 Å². The number of hydrogen-bond donors (Lipinski definition) is 1. The molecular weight excluding hydrogens is 470 g/mol. The number of fused-ring (bicyclic) bond motifs is 1. The second-order valence-electron chi connectivity index (χ2n) is 6.75. The van der Waals surface area contributed by atoms with Crippen molar-refractivity contribution in [1.29, 1.82) is 0 Å². The first-order valence-corrected chi connectivity index (χ1v) is 11.3. The first-order valence-electron chi connectivity index (χ1n) is 9.25. The zero-order chi connectivity index (χ0) is 21.8. The highest BCUT2D eigenvalue weighted by atomic mass is 79.9. The van der Waals surface area contributed by atoms with E-state index in [0.717, 1.165) is 15.7 Å². The Bertz CT molecular complexity index is 1080. The lowest BCUT2D eigenvalue weighted by atomic mass is 10.1. The van der Waals surface area contributed by atoms with Crippen LogP contribution in [0.1, 0.15) is 35.5 Å². The van der Waals surface area contributed by atoms with E-state index in [-0.39, 0.29) is 25.0 Å². The van der Waals surface area contributed by atoms with E-state index in [1.54, 1.807) is 4.52 Å². The van der Waals surface area contributed by atoms with E-state index in [9.17, 15) is 9.59 Å². The summed E-state index contributed by atoms with van der Waals surface area (Å²) < 4.78 is 7.76. The van der Waals surface area contributed by atoms with Crippen LogP contribution in [-0.4, -0.2) is 44.3 Å². The standard InChI is InChI=1S/C20H22BrN5O3S/c1-11(14-5-7-15(21)8-6-14)22-17(27)10-29-18(28)9-16-12(2)23-19-24-20(30-4)25-26(19)13(16)3/h5-8,11H,9-10H2,1-4H3,(H,22,27). The normalized spacial score (nSPS) is 12.0. The van der Waals surface area contributed by atoms with E-state index in [1.807, 2.05) is 51.3 Å². The average Bonchev–Trinajstić information content (AvgIpc) is 3.13. The molecule has 0 aliphatic heterocycles. The van der Waals surface area contributed by atoms with Gasteiger partial charge in [0.1, 0.15) is 0 Å². The van der Waals surface area contributed by atoms with E-state index < -0.39 is 5.97 Å². The molecule has 30 heavy (non-hydrogen) atoms. The summed E-state index contributed by atoms with van der Waals surface area (Å²) in [6, 6.07) is 7.46. The van der Waals surface area contributed by atoms with Crippen LogP contribution >= 0.6 is 27.7 Å². The third-order valence-corrected chi connectivity index (χ3v) is 5.71. The minimum absolute atomic E-state index is 0.00458. The van der Waals surface area contributed by atoms with Crippen LogP contribution in [0.5, 0.6) is 0 Å². The van der Waals surface area contributed by atoms with Crippen molar-refractivity contribution in [1.82, 2.24) is 24.9 Å². The Hall–Kier alpha value is -2.46. The molecule has 0 spiro atoms. The molecule has 0 saturated heterocycles. The van der Waals surface area contributed by atoms with E-state index >= 15 is 0 Å². The Morgan fingerprint density at radius 3 is 2.60 bits per heavy atom. The molecule has 0 radical (unpaired) electrons. The highest BCUT2D eigenvalue weighted by molar-refractivity contribution is 9.10. The largest absolute Gasteiger partial charge is 0.455 e. The van der Waals surface area contributed by atoms with Gasteiger partial charge in [-0.25, -0.2) is 9.50 Å². The van der Waals surface area contributed by atoms with Crippen molar-refractivity contribution < 1.29 is 14.3 Å². The monoisotopic (exact) mass is 491 g/mol. The minimum atomic E-state index is -0.501. The van der Waals surface area contributed by atoms with E-state index in [0.29, 0.717) is 22.2 Å². The average molecular weight is 492 g/mol. The molecule has 10 heteroatoms. The smallest absolute Gasteiger partial charge is 0.310 e. The number of carbonyl (C=O) groups is 2. The lowest BCUT2D eigenvalue weighted by Gasteiger charge is -2.15. The summed E-state index contributed by atoms with van der Waals surface area (Å²) in [7, 11) is 0. The number of ether oxygens (including phenoxy) is 1. The Labute approximate surface area is 186 Å². The van der Waals surface area contributed by atoms with Gasteiger partial charge in [0.25, 0.3) is 11.7 Å². The van der Waals surface area contributed by atoms with Gasteiger partial charge in [-0.15, -0.1) is 5.10 Å². The number of nitrogens with one attached hydrogen (secondary N) is 1. The lowest BCUT2D eigenvalue weighted by Crippen LogP contribution is -2.31. The molecule has 0 aliphatic rings. The van der Waals surface area contributed by atoms with Crippen molar-refractivity contribution in [3.05, 3.63) is 51.3 Å². The fourth-order valence-corrected chi connectivity index (χ4v) is 3.59. The van der Waals surface area contributed by atoms with Crippen LogP contribution in [0, 0.1) is 13.8 Å². The van der Waals surface area contributed by atoms with Gasteiger partial charge in [0, 0.05) is 21.4 Å². The second-order valence-corrected chi connectivity index (χ2v) is 8.44.